The summed E-state index contributed by atoms with van der Waals surface area (Å²) >= 11 is 0. The van der Waals surface area contributed by atoms with Crippen LogP contribution in [-0.4, -0.2) is 64.7 Å². The minimum atomic E-state index is -3.35. The van der Waals surface area contributed by atoms with Gasteiger partial charge in [0.15, 0.2) is 12.6 Å². The lowest BCUT2D eigenvalue weighted by Gasteiger charge is -2.48. The van der Waals surface area contributed by atoms with Crippen molar-refractivity contribution in [2.45, 2.75) is 18.9 Å². The molecule has 0 saturated carbocycles. The van der Waals surface area contributed by atoms with E-state index >= 15 is 0 Å². The first-order valence-electron chi connectivity index (χ1n) is 16.2. The van der Waals surface area contributed by atoms with Crippen LogP contribution in [0.15, 0.2) is 152 Å². The number of aliphatic hydroxyl groups excluding tert-OH is 1. The maximum atomic E-state index is 14.8. The number of rotatable bonds is 13. The lowest BCUT2D eigenvalue weighted by atomic mass is 10.0. The van der Waals surface area contributed by atoms with Gasteiger partial charge < -0.3 is 24.6 Å². The van der Waals surface area contributed by atoms with Crippen molar-refractivity contribution in [3.8, 4) is 5.75 Å². The number of nitrogens with zero attached hydrogens (tertiary/aromatic N) is 1. The molecule has 5 aromatic rings. The molecule has 1 saturated heterocycles. The molecule has 6 rings (SSSR count). The number of nitrogens with one attached hydrogen (secondary N) is 1. The molecule has 2 N–H and O–H groups in total. The van der Waals surface area contributed by atoms with Gasteiger partial charge in [0.05, 0.1) is 0 Å². The molecule has 1 heterocycles. The average Bonchev–Trinajstić information content (AvgIpc) is 3.19. The Bertz CT molecular complexity index is 1920. The van der Waals surface area contributed by atoms with E-state index in [1.165, 1.54) is 0 Å². The van der Waals surface area contributed by atoms with Gasteiger partial charge in [-0.3, -0.25) is 14.5 Å². The summed E-state index contributed by atoms with van der Waals surface area (Å²) in [6.45, 7) is -4.89. The summed E-state index contributed by atoms with van der Waals surface area (Å²) in [7, 11) is 0. The monoisotopic (exact) mass is 702 g/mol. The maximum Gasteiger partial charge on any atom is 0.356 e. The first-order chi connectivity index (χ1) is 24.9. The largest absolute Gasteiger partial charge is 0.484 e. The molecular formula is C40H35N2O8P. The maximum absolute atomic E-state index is 14.8. The Hall–Kier alpha value is -5.96. The summed E-state index contributed by atoms with van der Waals surface area (Å²) in [5.41, 5.74) is 0.656. The van der Waals surface area contributed by atoms with Crippen molar-refractivity contribution in [1.82, 2.24) is 10.2 Å². The van der Waals surface area contributed by atoms with E-state index in [4.69, 9.17) is 14.2 Å². The van der Waals surface area contributed by atoms with Gasteiger partial charge in [0, 0.05) is 6.89 Å². The molecule has 2 unspecified atom stereocenters. The van der Waals surface area contributed by atoms with Crippen LogP contribution < -0.4 is 26.0 Å². The fourth-order valence-corrected chi connectivity index (χ4v) is 10.3. The van der Waals surface area contributed by atoms with Crippen molar-refractivity contribution in [2.24, 2.45) is 0 Å². The molecule has 0 radical (unpaired) electrons. The molecule has 10 nitrogen and oxygen atoms in total. The summed E-state index contributed by atoms with van der Waals surface area (Å²) in [4.78, 5) is 56.2. The number of carbonyl (C=O) groups excluding carboxylic acids is 4. The Balaban J connectivity index is 1.54. The van der Waals surface area contributed by atoms with E-state index in [9.17, 15) is 24.3 Å². The first-order valence-corrected chi connectivity index (χ1v) is 18.0. The summed E-state index contributed by atoms with van der Waals surface area (Å²) < 4.78 is 17.2. The molecule has 1 aliphatic heterocycles. The predicted octanol–water partition coefficient (Wildman–Crippen LogP) is 3.12. The van der Waals surface area contributed by atoms with E-state index < -0.39 is 56.1 Å². The van der Waals surface area contributed by atoms with Crippen molar-refractivity contribution in [3.63, 3.8) is 0 Å². The zero-order valence-corrected chi connectivity index (χ0v) is 28.3. The number of amides is 2. The SMILES string of the molecule is O=C(COc1ccccc1)NC1C(=O)N(C(C(=O)OCc2ccccc2)=P(c2ccccc2)(c2ccccc2)c2ccccc2)C1OC(=O)CO. The molecule has 5 aromatic carbocycles. The highest BCUT2D eigenvalue weighted by Gasteiger charge is 2.56. The molecule has 0 bridgehead atoms. The van der Waals surface area contributed by atoms with Gasteiger partial charge in [0.2, 0.25) is 6.23 Å². The number of ether oxygens (including phenoxy) is 3. The Kier molecular flexibility index (Phi) is 11.1. The van der Waals surface area contributed by atoms with Crippen LogP contribution in [0.25, 0.3) is 0 Å². The van der Waals surface area contributed by atoms with E-state index in [0.717, 1.165) is 26.4 Å². The molecule has 51 heavy (non-hydrogen) atoms. The summed E-state index contributed by atoms with van der Waals surface area (Å²) in [5, 5.41) is 14.5. The standard InChI is InChI=1S/C40H35N2O8P/c43-26-35(45)50-38-36(41-34(44)28-48-30-18-8-2-9-19-30)37(46)42(38)39(40(47)49-27-29-16-6-1-7-17-29)51(31-20-10-3-11-21-31,32-22-12-4-13-23-32)33-24-14-5-15-25-33/h1-25,36,38,43H,26-28H2,(H,41,44). The highest BCUT2D eigenvalue weighted by atomic mass is 31.2. The van der Waals surface area contributed by atoms with E-state index in [1.54, 1.807) is 30.3 Å². The third-order valence-electron chi connectivity index (χ3n) is 8.23. The van der Waals surface area contributed by atoms with Gasteiger partial charge in [0.1, 0.15) is 24.4 Å². The molecule has 0 spiro atoms. The number of hydrogen-bond donors (Lipinski definition) is 2. The van der Waals surface area contributed by atoms with Gasteiger partial charge in [-0.15, -0.1) is 0 Å². The summed E-state index contributed by atoms with van der Waals surface area (Å²) in [5.74, 6) is -2.81. The van der Waals surface area contributed by atoms with Crippen molar-refractivity contribution in [2.75, 3.05) is 13.2 Å². The second-order valence-electron chi connectivity index (χ2n) is 11.5. The fraction of sp³-hybridized carbons (Fsp3) is 0.125. The van der Waals surface area contributed by atoms with Gasteiger partial charge in [-0.2, -0.15) is 0 Å². The van der Waals surface area contributed by atoms with Gasteiger partial charge in [0.25, 0.3) is 11.8 Å². The Morgan fingerprint density at radius 3 is 1.65 bits per heavy atom. The molecule has 2 amide bonds. The third-order valence-corrected chi connectivity index (χ3v) is 12.5. The van der Waals surface area contributed by atoms with Crippen molar-refractivity contribution in [3.05, 3.63) is 157 Å². The topological polar surface area (TPSA) is 131 Å². The highest BCUT2D eigenvalue weighted by Crippen LogP contribution is 2.49. The Morgan fingerprint density at radius 2 is 1.16 bits per heavy atom. The Labute approximate surface area is 295 Å². The molecule has 0 aliphatic carbocycles. The van der Waals surface area contributed by atoms with Crippen molar-refractivity contribution >= 4 is 52.0 Å². The quantitative estimate of drug-likeness (QED) is 0.109. The smallest absolute Gasteiger partial charge is 0.356 e. The normalized spacial score (nSPS) is 15.2. The summed E-state index contributed by atoms with van der Waals surface area (Å²) in [6.07, 6.45) is -1.51. The number of β-lactam (4-membered cyclic amide) rings is 1. The number of esters is 2. The fourth-order valence-electron chi connectivity index (χ4n) is 5.95. The number of carbonyl (C=O) groups is 4. The van der Waals surface area contributed by atoms with Crippen LogP contribution in [-0.2, 0) is 35.3 Å². The van der Waals surface area contributed by atoms with Crippen LogP contribution in [0, 0.1) is 0 Å². The second-order valence-corrected chi connectivity index (χ2v) is 14.8. The zero-order valence-electron chi connectivity index (χ0n) is 27.4. The second kappa shape index (κ2) is 16.2. The van der Waals surface area contributed by atoms with Crippen molar-refractivity contribution < 1.29 is 38.5 Å². The van der Waals surface area contributed by atoms with E-state index in [1.807, 2.05) is 121 Å². The van der Waals surface area contributed by atoms with E-state index in [0.29, 0.717) is 5.75 Å². The molecule has 2 atom stereocenters. The van der Waals surface area contributed by atoms with Crippen LogP contribution in [0.1, 0.15) is 5.56 Å². The molecule has 0 aromatic heterocycles. The number of likely N-dealkylation sites (tertiary alicyclic amines) is 1. The van der Waals surface area contributed by atoms with Gasteiger partial charge >= 0.3 is 11.9 Å². The first kappa shape index (κ1) is 34.9. The zero-order chi connectivity index (χ0) is 35.6. The van der Waals surface area contributed by atoms with Gasteiger partial charge in [-0.1, -0.05) is 140 Å². The van der Waals surface area contributed by atoms with Crippen LogP contribution >= 0.6 is 6.89 Å². The van der Waals surface area contributed by atoms with Crippen LogP contribution in [0.2, 0.25) is 0 Å². The van der Waals surface area contributed by atoms with Crippen LogP contribution in [0.3, 0.4) is 0 Å². The Morgan fingerprint density at radius 1 is 0.686 bits per heavy atom. The third kappa shape index (κ3) is 7.48. The molecular weight excluding hydrogens is 667 g/mol. The highest BCUT2D eigenvalue weighted by molar-refractivity contribution is 7.96. The lowest BCUT2D eigenvalue weighted by Crippen LogP contribution is -2.75. The molecule has 1 aliphatic rings. The van der Waals surface area contributed by atoms with E-state index in [-0.39, 0.29) is 12.0 Å². The van der Waals surface area contributed by atoms with E-state index in [2.05, 4.69) is 5.32 Å². The number of aliphatic hydroxyl groups is 1. The van der Waals surface area contributed by atoms with Gasteiger partial charge in [-0.05, 0) is 33.6 Å². The summed E-state index contributed by atoms with van der Waals surface area (Å²) in [6, 6.07) is 44.3. The van der Waals surface area contributed by atoms with Crippen molar-refractivity contribution in [1.29, 1.82) is 0 Å². The average molecular weight is 703 g/mol. The number of hydrogen-bond acceptors (Lipinski definition) is 8. The minimum absolute atomic E-state index is 0.0613. The van der Waals surface area contributed by atoms with Gasteiger partial charge in [-0.25, -0.2) is 9.59 Å². The molecule has 258 valence electrons. The molecule has 1 fully saturated rings. The number of para-hydroxylation sites is 1. The van der Waals surface area contributed by atoms with Crippen LogP contribution in [0.5, 0.6) is 5.75 Å². The minimum Gasteiger partial charge on any atom is -0.484 e. The van der Waals surface area contributed by atoms with Crippen LogP contribution in [0.4, 0.5) is 0 Å². The molecule has 11 heteroatoms. The number of benzene rings is 5. The predicted molar refractivity (Wildman–Crippen MR) is 194 cm³/mol. The lowest BCUT2D eigenvalue weighted by molar-refractivity contribution is -0.184.